The zero-order valence-electron chi connectivity index (χ0n) is 8.04. The van der Waals surface area contributed by atoms with Gasteiger partial charge >= 0.3 is 11.9 Å². The number of nitrogens with zero attached hydrogens (tertiary/aromatic N) is 1. The summed E-state index contributed by atoms with van der Waals surface area (Å²) < 4.78 is 0. The van der Waals surface area contributed by atoms with E-state index in [-0.39, 0.29) is 5.56 Å². The minimum absolute atomic E-state index is 0.0851. The molecule has 16 heavy (non-hydrogen) atoms. The van der Waals surface area contributed by atoms with Crippen molar-refractivity contribution < 1.29 is 19.8 Å². The average Bonchev–Trinajstić information content (AvgIpc) is 2.27. The fraction of sp³-hybridized carbons (Fsp3) is 0.100. The maximum atomic E-state index is 10.7. The summed E-state index contributed by atoms with van der Waals surface area (Å²) in [5.41, 5.74) is 0.0851. The summed E-state index contributed by atoms with van der Waals surface area (Å²) in [5.74, 6) is -2.17. The van der Waals surface area contributed by atoms with Gasteiger partial charge in [0.15, 0.2) is 0 Å². The normalized spacial score (nSPS) is 17.4. The Morgan fingerprint density at radius 3 is 2.69 bits per heavy atom. The van der Waals surface area contributed by atoms with Gasteiger partial charge in [-0.15, -0.1) is 0 Å². The molecule has 1 atom stereocenters. The predicted molar refractivity (Wildman–Crippen MR) is 53.2 cm³/mol. The first-order valence-corrected chi connectivity index (χ1v) is 4.48. The van der Waals surface area contributed by atoms with Gasteiger partial charge in [0.2, 0.25) is 6.17 Å². The first-order valence-electron chi connectivity index (χ1n) is 4.48. The molecular weight excluding hydrogens is 212 g/mol. The number of hydrogen-bond acceptors (Lipinski definition) is 4. The van der Waals surface area contributed by atoms with E-state index in [1.54, 1.807) is 6.07 Å². The molecule has 3 N–H and O–H groups in total. The van der Waals surface area contributed by atoms with Crippen molar-refractivity contribution >= 4 is 18.1 Å². The average molecular weight is 220 g/mol. The zero-order chi connectivity index (χ0) is 11.7. The Bertz CT molecular complexity index is 579. The second-order valence-corrected chi connectivity index (χ2v) is 3.26. The number of aliphatic carboxylic acids is 1. The third-order valence-corrected chi connectivity index (χ3v) is 2.18. The standard InChI is InChI=1S/C10H8N2O4/c13-9(14)5-1-2-6-4-11-8(10(15)16)12-7(6)3-5/h1-4,8,11H,(H,13,14)(H,15,16). The molecule has 0 amide bonds. The molecule has 1 aliphatic heterocycles. The maximum absolute atomic E-state index is 10.7. The number of carboxylic acid groups (broad SMARTS) is 2. The highest BCUT2D eigenvalue weighted by Gasteiger charge is 2.16. The first-order chi connectivity index (χ1) is 7.58. The Morgan fingerprint density at radius 2 is 2.06 bits per heavy atom. The fourth-order valence-corrected chi connectivity index (χ4v) is 1.38. The Hall–Kier alpha value is -2.37. The lowest BCUT2D eigenvalue weighted by Crippen LogP contribution is -2.43. The van der Waals surface area contributed by atoms with Crippen molar-refractivity contribution in [1.82, 2.24) is 5.32 Å². The fourth-order valence-electron chi connectivity index (χ4n) is 1.38. The van der Waals surface area contributed by atoms with Gasteiger partial charge in [0, 0.05) is 11.4 Å². The molecule has 1 heterocycles. The van der Waals surface area contributed by atoms with E-state index in [4.69, 9.17) is 10.2 Å². The second kappa shape index (κ2) is 3.65. The molecule has 1 aromatic carbocycles. The minimum Gasteiger partial charge on any atom is -0.478 e. The topological polar surface area (TPSA) is 99.0 Å². The van der Waals surface area contributed by atoms with Gasteiger partial charge in [-0.1, -0.05) is 6.07 Å². The van der Waals surface area contributed by atoms with Crippen molar-refractivity contribution in [2.24, 2.45) is 4.99 Å². The van der Waals surface area contributed by atoms with Gasteiger partial charge in [-0.2, -0.15) is 0 Å². The van der Waals surface area contributed by atoms with Crippen molar-refractivity contribution in [2.45, 2.75) is 6.17 Å². The molecule has 0 saturated heterocycles. The van der Waals surface area contributed by atoms with Crippen LogP contribution in [0.2, 0.25) is 0 Å². The van der Waals surface area contributed by atoms with Crippen molar-refractivity contribution in [3.63, 3.8) is 0 Å². The van der Waals surface area contributed by atoms with Crippen molar-refractivity contribution in [3.8, 4) is 0 Å². The van der Waals surface area contributed by atoms with Gasteiger partial charge < -0.3 is 15.5 Å². The van der Waals surface area contributed by atoms with Gasteiger partial charge in [0.25, 0.3) is 0 Å². The lowest BCUT2D eigenvalue weighted by molar-refractivity contribution is -0.138. The molecular formula is C10H8N2O4. The smallest absolute Gasteiger partial charge is 0.349 e. The van der Waals surface area contributed by atoms with Crippen LogP contribution in [0.3, 0.4) is 0 Å². The molecule has 1 aromatic rings. The molecule has 0 aliphatic carbocycles. The van der Waals surface area contributed by atoms with Crippen LogP contribution in [0.15, 0.2) is 23.2 Å². The number of nitrogens with one attached hydrogen (secondary N) is 1. The summed E-state index contributed by atoms with van der Waals surface area (Å²) in [7, 11) is 0. The molecule has 1 unspecified atom stereocenters. The van der Waals surface area contributed by atoms with Gasteiger partial charge in [-0.25, -0.2) is 14.6 Å². The number of rotatable bonds is 2. The van der Waals surface area contributed by atoms with Crippen LogP contribution < -0.4 is 15.9 Å². The summed E-state index contributed by atoms with van der Waals surface area (Å²) in [6.45, 7) is 0. The van der Waals surface area contributed by atoms with Crippen LogP contribution in [-0.4, -0.2) is 28.3 Å². The maximum Gasteiger partial charge on any atom is 0.349 e. The van der Waals surface area contributed by atoms with E-state index in [0.29, 0.717) is 10.6 Å². The highest BCUT2D eigenvalue weighted by molar-refractivity contribution is 5.87. The monoisotopic (exact) mass is 220 g/mol. The highest BCUT2D eigenvalue weighted by atomic mass is 16.4. The Labute approximate surface area is 89.6 Å². The second-order valence-electron chi connectivity index (χ2n) is 3.26. The number of aromatic carboxylic acids is 1. The van der Waals surface area contributed by atoms with E-state index in [1.807, 2.05) is 0 Å². The quantitative estimate of drug-likeness (QED) is 0.578. The molecule has 1 aliphatic rings. The molecule has 0 bridgehead atoms. The van der Waals surface area contributed by atoms with Crippen LogP contribution in [0.5, 0.6) is 0 Å². The number of carboxylic acids is 2. The lowest BCUT2D eigenvalue weighted by Gasteiger charge is -2.11. The van der Waals surface area contributed by atoms with Crippen LogP contribution in [-0.2, 0) is 4.79 Å². The molecule has 6 heteroatoms. The molecule has 0 spiro atoms. The van der Waals surface area contributed by atoms with Crippen LogP contribution in [0.25, 0.3) is 6.20 Å². The van der Waals surface area contributed by atoms with E-state index >= 15 is 0 Å². The molecule has 82 valence electrons. The Morgan fingerprint density at radius 1 is 1.31 bits per heavy atom. The number of benzene rings is 1. The molecule has 0 saturated carbocycles. The van der Waals surface area contributed by atoms with Gasteiger partial charge in [-0.05, 0) is 12.1 Å². The van der Waals surface area contributed by atoms with E-state index in [0.717, 1.165) is 0 Å². The van der Waals surface area contributed by atoms with Crippen molar-refractivity contribution in [1.29, 1.82) is 0 Å². The van der Waals surface area contributed by atoms with Gasteiger partial charge in [-0.3, -0.25) is 0 Å². The van der Waals surface area contributed by atoms with Gasteiger partial charge in [0.1, 0.15) is 0 Å². The summed E-state index contributed by atoms with van der Waals surface area (Å²) in [5, 5.41) is 21.1. The summed E-state index contributed by atoms with van der Waals surface area (Å²) in [6.07, 6.45) is 0.448. The number of hydrogen-bond donors (Lipinski definition) is 3. The summed E-state index contributed by atoms with van der Waals surface area (Å²) in [4.78, 5) is 25.3. The Balaban J connectivity index is 2.57. The van der Waals surface area contributed by atoms with Crippen LogP contribution >= 0.6 is 0 Å². The third kappa shape index (κ3) is 1.72. The van der Waals surface area contributed by atoms with Crippen LogP contribution in [0.1, 0.15) is 10.4 Å². The number of carbonyl (C=O) groups is 2. The van der Waals surface area contributed by atoms with Crippen LogP contribution in [0.4, 0.5) is 0 Å². The zero-order valence-corrected chi connectivity index (χ0v) is 8.04. The predicted octanol–water partition coefficient (Wildman–Crippen LogP) is -1.24. The minimum atomic E-state index is -1.11. The summed E-state index contributed by atoms with van der Waals surface area (Å²) >= 11 is 0. The Kier molecular flexibility index (Phi) is 2.32. The van der Waals surface area contributed by atoms with Crippen LogP contribution in [0, 0.1) is 0 Å². The molecule has 0 radical (unpaired) electrons. The van der Waals surface area contributed by atoms with E-state index in [2.05, 4.69) is 10.3 Å². The number of fused-ring (bicyclic) bond motifs is 1. The first kappa shape index (κ1) is 10.2. The third-order valence-electron chi connectivity index (χ3n) is 2.18. The van der Waals surface area contributed by atoms with Crippen molar-refractivity contribution in [2.75, 3.05) is 0 Å². The summed E-state index contributed by atoms with van der Waals surface area (Å²) in [6, 6.07) is 4.37. The molecule has 2 rings (SSSR count). The van der Waals surface area contributed by atoms with E-state index in [1.165, 1.54) is 18.3 Å². The van der Waals surface area contributed by atoms with E-state index in [9.17, 15) is 9.59 Å². The van der Waals surface area contributed by atoms with Gasteiger partial charge in [0.05, 0.1) is 10.9 Å². The molecule has 0 fully saturated rings. The highest BCUT2D eigenvalue weighted by Crippen LogP contribution is 1.94. The molecule has 6 nitrogen and oxygen atoms in total. The largest absolute Gasteiger partial charge is 0.478 e. The lowest BCUT2D eigenvalue weighted by atomic mass is 10.2. The van der Waals surface area contributed by atoms with Crippen molar-refractivity contribution in [3.05, 3.63) is 34.3 Å². The SMILES string of the molecule is O=C(O)c1ccc2c(c1)=NC(C(=O)O)NC=2. The molecule has 0 aromatic heterocycles. The van der Waals surface area contributed by atoms with E-state index < -0.39 is 18.1 Å².